The number of rotatable bonds is 20. The van der Waals surface area contributed by atoms with Crippen molar-refractivity contribution in [1.82, 2.24) is 9.13 Å². The van der Waals surface area contributed by atoms with Crippen molar-refractivity contribution >= 4 is 97.3 Å². The zero-order valence-corrected chi connectivity index (χ0v) is 61.9. The number of carbonyl (C=O) groups is 9. The summed E-state index contributed by atoms with van der Waals surface area (Å²) in [5.41, 5.74) is 9.28. The highest BCUT2D eigenvalue weighted by Crippen LogP contribution is 2.32. The zero-order chi connectivity index (χ0) is 78.1. The van der Waals surface area contributed by atoms with Crippen LogP contribution in [0.4, 0.5) is 0 Å². The molecule has 0 saturated carbocycles. The SMILES string of the molecule is CC(=O)OC(=O)c1ccccc1O.CC(C)Cc1ccc(C(C)C(=O)O)cc1.COc1ccc2c(c1)c(CC(=O)O)c(C)n2C(=O)c1ccc(Cl)cc1.COc1ccc2cc(CCC(C)=O)ccc2c1.COc1ccc2cc([C@H](C)C(=O)O)ccc2c1.Cc1ccc(C(=O)c2ccc(CC(=O)O)n2C)cc1. The van der Waals surface area contributed by atoms with Gasteiger partial charge in [0.15, 0.2) is 0 Å². The van der Waals surface area contributed by atoms with Gasteiger partial charge in [-0.25, -0.2) is 4.79 Å². The fraction of sp³-hybridized carbons (Fsp3) is 0.235. The third-order valence-electron chi connectivity index (χ3n) is 16.9. The predicted molar refractivity (Wildman–Crippen MR) is 408 cm³/mol. The van der Waals surface area contributed by atoms with Crippen LogP contribution in [0.2, 0.25) is 5.02 Å². The van der Waals surface area contributed by atoms with Crippen LogP contribution in [0.15, 0.2) is 200 Å². The Morgan fingerprint density at radius 2 is 1.02 bits per heavy atom. The number of nitrogens with zero attached hydrogens (tertiary/aromatic N) is 2. The summed E-state index contributed by atoms with van der Waals surface area (Å²) in [5, 5.41) is 50.7. The number of Topliss-reactive ketones (excluding diaryl/α,β-unsaturated/α-hetero) is 1. The molecule has 0 spiro atoms. The monoisotopic (exact) mass is 1460 g/mol. The first-order valence-electron chi connectivity index (χ1n) is 33.7. The van der Waals surface area contributed by atoms with Gasteiger partial charge >= 0.3 is 35.8 Å². The first kappa shape index (κ1) is 82.8. The Labute approximate surface area is 620 Å². The highest BCUT2D eigenvalue weighted by molar-refractivity contribution is 6.30. The molecular formula is C85H87ClN2O18. The molecule has 0 bridgehead atoms. The van der Waals surface area contributed by atoms with Crippen molar-refractivity contribution in [2.75, 3.05) is 21.3 Å². The minimum Gasteiger partial charge on any atom is -0.507 e. The number of aromatic nitrogens is 2. The second-order valence-corrected chi connectivity index (χ2v) is 25.7. The van der Waals surface area contributed by atoms with Crippen LogP contribution in [0, 0.1) is 19.8 Å². The van der Waals surface area contributed by atoms with Gasteiger partial charge in [0, 0.05) is 53.3 Å². The standard InChI is InChI=1S/C19H16ClNO4.C15H15NO3.C15H16O2.C14H14O3.C13H18O2.C9H8O4/c1-11-15(10-18(22)23)16-9-14(25-2)7-8-17(16)21(11)19(24)12-3-5-13(20)6-4-12;1-10-3-5-11(6-4-10)15(19)13-8-7-12(16(13)2)9-14(17)18;1-11(16)3-4-12-5-6-14-10-15(17-2)8-7-13(14)9-12;1-9(14(15)16)10-3-4-12-8-13(17-2)6-5-11(12)7-10;1-9(2)8-11-4-6-12(7-5-11)10(3)13(14)15;1-6(10)13-9(12)7-4-2-3-5-8(7)11/h3-9H,10H2,1-2H3,(H,22,23);3-8H,9H2,1-2H3,(H,17,18);5-10H,3-4H2,1-2H3;3-9H,1-2H3,(H,15,16);4-7,9-10H,8H2,1-3H3,(H,14,15);2-5,11H,1H3/t;;;9-;;/m...0../s1. The van der Waals surface area contributed by atoms with E-state index in [1.54, 1.807) is 140 Å². The number of aliphatic carboxylic acids is 4. The Kier molecular flexibility index (Phi) is 30.8. The highest BCUT2D eigenvalue weighted by Gasteiger charge is 2.23. The number of esters is 2. The number of carboxylic acid groups (broad SMARTS) is 4. The third-order valence-corrected chi connectivity index (χ3v) is 17.2. The summed E-state index contributed by atoms with van der Waals surface area (Å²) in [4.78, 5) is 101. The lowest BCUT2D eigenvalue weighted by Gasteiger charge is -2.09. The second-order valence-electron chi connectivity index (χ2n) is 25.3. The number of aryl methyl sites for hydroxylation is 2. The second kappa shape index (κ2) is 39.5. The van der Waals surface area contributed by atoms with E-state index in [0.717, 1.165) is 64.1 Å². The summed E-state index contributed by atoms with van der Waals surface area (Å²) < 4.78 is 23.0. The predicted octanol–water partition coefficient (Wildman–Crippen LogP) is 16.7. The van der Waals surface area contributed by atoms with Gasteiger partial charge in [-0.2, -0.15) is 0 Å². The summed E-state index contributed by atoms with van der Waals surface area (Å²) in [6, 6.07) is 60.0. The number of carbonyl (C=O) groups excluding carboxylic acids is 5. The van der Waals surface area contributed by atoms with Gasteiger partial charge in [0.25, 0.3) is 5.91 Å². The first-order valence-corrected chi connectivity index (χ1v) is 34.1. The molecule has 2 atom stereocenters. The fourth-order valence-electron chi connectivity index (χ4n) is 11.0. The number of hydrogen-bond donors (Lipinski definition) is 5. The van der Waals surface area contributed by atoms with E-state index in [4.69, 9.17) is 41.1 Å². The number of fused-ring (bicyclic) bond motifs is 3. The Morgan fingerprint density at radius 3 is 1.56 bits per heavy atom. The minimum absolute atomic E-state index is 0.0160. The number of ether oxygens (including phenoxy) is 4. The highest BCUT2D eigenvalue weighted by atomic mass is 35.5. The molecule has 5 N–H and O–H groups in total. The van der Waals surface area contributed by atoms with Crippen LogP contribution in [0.5, 0.6) is 23.0 Å². The van der Waals surface area contributed by atoms with Gasteiger partial charge in [0.1, 0.15) is 34.3 Å². The average Bonchev–Trinajstić information content (AvgIpc) is 1.60. The molecule has 2 heterocycles. The van der Waals surface area contributed by atoms with E-state index < -0.39 is 47.7 Å². The molecule has 11 rings (SSSR count). The van der Waals surface area contributed by atoms with Crippen molar-refractivity contribution in [2.24, 2.45) is 13.0 Å². The van der Waals surface area contributed by atoms with E-state index in [0.29, 0.717) is 67.8 Å². The molecule has 0 aliphatic heterocycles. The summed E-state index contributed by atoms with van der Waals surface area (Å²) in [6.07, 6.45) is 2.22. The first-order chi connectivity index (χ1) is 50.3. The van der Waals surface area contributed by atoms with Crippen molar-refractivity contribution in [1.29, 1.82) is 0 Å². The van der Waals surface area contributed by atoms with Gasteiger partial charge in [-0.3, -0.25) is 38.1 Å². The number of para-hydroxylation sites is 1. The number of halogens is 1. The van der Waals surface area contributed by atoms with Crippen LogP contribution in [0.1, 0.15) is 141 Å². The Morgan fingerprint density at radius 1 is 0.519 bits per heavy atom. The normalized spacial score (nSPS) is 11.0. The van der Waals surface area contributed by atoms with Crippen LogP contribution in [-0.4, -0.2) is 109 Å². The maximum atomic E-state index is 13.0. The van der Waals surface area contributed by atoms with Gasteiger partial charge in [0.05, 0.1) is 57.2 Å². The van der Waals surface area contributed by atoms with Gasteiger partial charge in [0.2, 0.25) is 5.78 Å². The molecule has 0 radical (unpaired) electrons. The molecule has 0 saturated heterocycles. The van der Waals surface area contributed by atoms with Crippen molar-refractivity contribution in [2.45, 2.75) is 99.3 Å². The van der Waals surface area contributed by atoms with Crippen molar-refractivity contribution in [3.05, 3.63) is 272 Å². The zero-order valence-electron chi connectivity index (χ0n) is 61.1. The molecule has 0 aliphatic carbocycles. The molecule has 0 aliphatic rings. The maximum absolute atomic E-state index is 13.0. The van der Waals surface area contributed by atoms with Gasteiger partial charge in [-0.1, -0.05) is 140 Å². The lowest BCUT2D eigenvalue weighted by molar-refractivity contribution is -0.139. The summed E-state index contributed by atoms with van der Waals surface area (Å²) in [7, 11) is 6.55. The molecule has 2 aromatic heterocycles. The van der Waals surface area contributed by atoms with Crippen LogP contribution >= 0.6 is 11.6 Å². The number of ketones is 2. The van der Waals surface area contributed by atoms with E-state index >= 15 is 0 Å². The molecule has 0 amide bonds. The topological polar surface area (TPSA) is 302 Å². The van der Waals surface area contributed by atoms with Crippen molar-refractivity contribution in [3.8, 4) is 23.0 Å². The number of carboxylic acids is 4. The number of phenols is 1. The smallest absolute Gasteiger partial charge is 0.349 e. The molecule has 552 valence electrons. The molecule has 20 nitrogen and oxygen atoms in total. The minimum atomic E-state index is -0.955. The number of phenolic OH excluding ortho intramolecular Hbond substituents is 1. The maximum Gasteiger partial charge on any atom is 0.349 e. The van der Waals surface area contributed by atoms with Crippen LogP contribution in [0.25, 0.3) is 32.4 Å². The van der Waals surface area contributed by atoms with E-state index in [2.05, 4.69) is 36.8 Å². The number of benzene rings is 9. The Hall–Kier alpha value is -12.2. The molecule has 21 heteroatoms. The third kappa shape index (κ3) is 24.0. The van der Waals surface area contributed by atoms with E-state index in [1.807, 2.05) is 97.9 Å². The van der Waals surface area contributed by atoms with Gasteiger partial charge in [-0.15, -0.1) is 0 Å². The largest absolute Gasteiger partial charge is 0.507 e. The molecule has 0 fully saturated rings. The van der Waals surface area contributed by atoms with Crippen molar-refractivity contribution in [3.63, 3.8) is 0 Å². The molecule has 1 unspecified atom stereocenters. The van der Waals surface area contributed by atoms with Crippen LogP contribution < -0.4 is 14.2 Å². The summed E-state index contributed by atoms with van der Waals surface area (Å²) in [6.45, 7) is 14.2. The van der Waals surface area contributed by atoms with E-state index in [9.17, 15) is 53.4 Å². The average molecular weight is 1460 g/mol. The van der Waals surface area contributed by atoms with Gasteiger partial charge in [-0.05, 0) is 194 Å². The molecule has 11 aromatic rings. The molecule has 106 heavy (non-hydrogen) atoms. The fourth-order valence-corrected chi connectivity index (χ4v) is 11.1. The Bertz CT molecular complexity index is 4940. The number of methoxy groups -OCH3 is 3. The summed E-state index contributed by atoms with van der Waals surface area (Å²) in [5.74, 6) is -3.27. The van der Waals surface area contributed by atoms with Crippen LogP contribution in [0.3, 0.4) is 0 Å². The van der Waals surface area contributed by atoms with E-state index in [-0.39, 0.29) is 41.6 Å². The molecule has 9 aromatic carbocycles. The quantitative estimate of drug-likeness (QED) is 0.0269. The van der Waals surface area contributed by atoms with Crippen LogP contribution in [-0.2, 0) is 66.2 Å². The van der Waals surface area contributed by atoms with Crippen molar-refractivity contribution < 1.29 is 87.6 Å². The number of aromatic hydroxyl groups is 1. The lowest BCUT2D eigenvalue weighted by atomic mass is 9.97. The molecular weight excluding hydrogens is 1370 g/mol. The van der Waals surface area contributed by atoms with Gasteiger partial charge < -0.3 is 53.8 Å². The number of hydrogen-bond acceptors (Lipinski definition) is 14. The lowest BCUT2D eigenvalue weighted by Crippen LogP contribution is -2.14. The summed E-state index contributed by atoms with van der Waals surface area (Å²) >= 11 is 5.89. The van der Waals surface area contributed by atoms with E-state index in [1.165, 1.54) is 33.2 Å². The Balaban J connectivity index is 0.000000202.